The van der Waals surface area contributed by atoms with Crippen LogP contribution in [0.5, 0.6) is 0 Å². The van der Waals surface area contributed by atoms with Crippen molar-refractivity contribution in [1.29, 1.82) is 0 Å². The van der Waals surface area contributed by atoms with Crippen molar-refractivity contribution in [3.8, 4) is 0 Å². The van der Waals surface area contributed by atoms with Crippen LogP contribution < -0.4 is 5.32 Å². The van der Waals surface area contributed by atoms with Crippen LogP contribution in [0, 0.1) is 11.8 Å². The van der Waals surface area contributed by atoms with Crippen LogP contribution in [0.25, 0.3) is 0 Å². The number of likely N-dealkylation sites (tertiary alicyclic amines) is 1. The van der Waals surface area contributed by atoms with E-state index in [0.29, 0.717) is 5.91 Å². The van der Waals surface area contributed by atoms with Gasteiger partial charge in [-0.05, 0) is 77.0 Å². The lowest BCUT2D eigenvalue weighted by molar-refractivity contribution is -0.133. The summed E-state index contributed by atoms with van der Waals surface area (Å²) in [5.41, 5.74) is 0. The highest BCUT2D eigenvalue weighted by Gasteiger charge is 2.24. The van der Waals surface area contributed by atoms with Crippen LogP contribution in [0.3, 0.4) is 0 Å². The van der Waals surface area contributed by atoms with Gasteiger partial charge in [-0.15, -0.1) is 24.8 Å². The minimum Gasteiger partial charge on any atom is -0.343 e. The molecule has 1 amide bonds. The van der Waals surface area contributed by atoms with Crippen LogP contribution >= 0.6 is 24.8 Å². The molecule has 2 fully saturated rings. The molecule has 0 aromatic rings. The fourth-order valence-electron chi connectivity index (χ4n) is 3.98. The van der Waals surface area contributed by atoms with Gasteiger partial charge in [0.05, 0.1) is 0 Å². The van der Waals surface area contributed by atoms with Gasteiger partial charge in [-0.3, -0.25) is 4.79 Å². The summed E-state index contributed by atoms with van der Waals surface area (Å²) >= 11 is 0. The predicted octanol–water partition coefficient (Wildman–Crippen LogP) is 3.58. The lowest BCUT2D eigenvalue weighted by Gasteiger charge is -2.34. The van der Waals surface area contributed by atoms with Crippen LogP contribution in [0.15, 0.2) is 0 Å². The van der Waals surface area contributed by atoms with Crippen molar-refractivity contribution in [3.05, 3.63) is 0 Å². The number of carbonyl (C=O) groups excluding carboxylic acids is 1. The summed E-state index contributed by atoms with van der Waals surface area (Å²) in [6, 6.07) is 0. The average Bonchev–Trinajstić information content (AvgIpc) is 2.59. The lowest BCUT2D eigenvalue weighted by Crippen LogP contribution is -2.41. The van der Waals surface area contributed by atoms with Crippen LogP contribution in [0.2, 0.25) is 0 Å². The Hall–Kier alpha value is -0.0300. The third-order valence-electron chi connectivity index (χ3n) is 5.66. The molecule has 0 atom stereocenters. The molecule has 1 N–H and O–H groups in total. The molecular weight excluding hydrogens is 357 g/mol. The van der Waals surface area contributed by atoms with Crippen molar-refractivity contribution in [2.24, 2.45) is 11.8 Å². The third-order valence-corrected chi connectivity index (χ3v) is 5.66. The van der Waals surface area contributed by atoms with Crippen LogP contribution in [0.1, 0.15) is 58.3 Å². The number of nitrogens with one attached hydrogen (secondary N) is 1. The van der Waals surface area contributed by atoms with E-state index in [2.05, 4.69) is 29.1 Å². The first-order valence-corrected chi connectivity index (χ1v) is 9.86. The van der Waals surface area contributed by atoms with E-state index in [-0.39, 0.29) is 24.8 Å². The Kier molecular flexibility index (Phi) is 14.1. The number of piperidine rings is 2. The van der Waals surface area contributed by atoms with Gasteiger partial charge in [0.1, 0.15) is 0 Å². The standard InChI is InChI=1S/C19H37N3O.2ClH/c1-3-4-13-21(2)16-18-9-14-22(15-10-18)19(23)6-5-17-7-11-20-12-8-17;;/h17-18,20H,3-16H2,1-2H3;2*1H. The minimum absolute atomic E-state index is 0. The first kappa shape index (κ1) is 25.0. The van der Waals surface area contributed by atoms with E-state index in [4.69, 9.17) is 0 Å². The molecule has 0 aromatic heterocycles. The molecule has 0 spiro atoms. The van der Waals surface area contributed by atoms with Crippen LogP contribution in [-0.2, 0) is 4.79 Å². The van der Waals surface area contributed by atoms with E-state index in [1.165, 1.54) is 51.6 Å². The largest absolute Gasteiger partial charge is 0.343 e. The molecule has 6 heteroatoms. The molecular formula is C19H39Cl2N3O. The molecule has 2 aliphatic heterocycles. The molecule has 0 bridgehead atoms. The number of halogens is 2. The van der Waals surface area contributed by atoms with E-state index in [0.717, 1.165) is 50.9 Å². The second-order valence-corrected chi connectivity index (χ2v) is 7.67. The van der Waals surface area contributed by atoms with Gasteiger partial charge in [0, 0.05) is 26.1 Å². The number of hydrogen-bond donors (Lipinski definition) is 1. The fraction of sp³-hybridized carbons (Fsp3) is 0.947. The Morgan fingerprint density at radius 2 is 1.72 bits per heavy atom. The molecule has 2 heterocycles. The smallest absolute Gasteiger partial charge is 0.222 e. The summed E-state index contributed by atoms with van der Waals surface area (Å²) in [5, 5.41) is 3.40. The molecule has 0 radical (unpaired) electrons. The highest BCUT2D eigenvalue weighted by atomic mass is 35.5. The van der Waals surface area contributed by atoms with Crippen molar-refractivity contribution in [1.82, 2.24) is 15.1 Å². The number of carbonyl (C=O) groups is 1. The van der Waals surface area contributed by atoms with Crippen LogP contribution in [0.4, 0.5) is 0 Å². The Labute approximate surface area is 167 Å². The number of amides is 1. The lowest BCUT2D eigenvalue weighted by atomic mass is 9.92. The number of hydrogen-bond acceptors (Lipinski definition) is 3. The molecule has 0 saturated carbocycles. The predicted molar refractivity (Wildman–Crippen MR) is 111 cm³/mol. The molecule has 0 aliphatic carbocycles. The highest BCUT2D eigenvalue weighted by Crippen LogP contribution is 2.22. The molecule has 4 nitrogen and oxygen atoms in total. The van der Waals surface area contributed by atoms with Gasteiger partial charge in [0.2, 0.25) is 5.91 Å². The van der Waals surface area contributed by atoms with E-state index in [1.54, 1.807) is 0 Å². The fourth-order valence-corrected chi connectivity index (χ4v) is 3.98. The average molecular weight is 396 g/mol. The van der Waals surface area contributed by atoms with Gasteiger partial charge in [-0.2, -0.15) is 0 Å². The highest BCUT2D eigenvalue weighted by molar-refractivity contribution is 5.85. The molecule has 150 valence electrons. The minimum atomic E-state index is 0. The summed E-state index contributed by atoms with van der Waals surface area (Å²) < 4.78 is 0. The summed E-state index contributed by atoms with van der Waals surface area (Å²) in [6.45, 7) is 8.91. The van der Waals surface area contributed by atoms with Gasteiger partial charge in [0.15, 0.2) is 0 Å². The molecule has 2 rings (SSSR count). The summed E-state index contributed by atoms with van der Waals surface area (Å²) in [5.74, 6) is 1.96. The maximum Gasteiger partial charge on any atom is 0.222 e. The van der Waals surface area contributed by atoms with Crippen LogP contribution in [-0.4, -0.2) is 62.0 Å². The van der Waals surface area contributed by atoms with Gasteiger partial charge >= 0.3 is 0 Å². The maximum atomic E-state index is 12.4. The Bertz CT molecular complexity index is 344. The summed E-state index contributed by atoms with van der Waals surface area (Å²) in [4.78, 5) is 17.0. The SMILES string of the molecule is CCCCN(C)CC1CCN(C(=O)CCC2CCNCC2)CC1.Cl.Cl. The molecule has 0 aromatic carbocycles. The van der Waals surface area contributed by atoms with E-state index in [9.17, 15) is 4.79 Å². The zero-order valence-corrected chi connectivity index (χ0v) is 17.8. The second kappa shape index (κ2) is 14.1. The molecule has 2 aliphatic rings. The van der Waals surface area contributed by atoms with E-state index >= 15 is 0 Å². The quantitative estimate of drug-likeness (QED) is 0.681. The summed E-state index contributed by atoms with van der Waals surface area (Å²) in [7, 11) is 2.24. The topological polar surface area (TPSA) is 35.6 Å². The van der Waals surface area contributed by atoms with Crippen molar-refractivity contribution in [3.63, 3.8) is 0 Å². The zero-order chi connectivity index (χ0) is 16.5. The van der Waals surface area contributed by atoms with Crippen molar-refractivity contribution in [2.45, 2.75) is 58.3 Å². The number of rotatable bonds is 8. The Balaban J connectivity index is 0.00000288. The molecule has 25 heavy (non-hydrogen) atoms. The van der Waals surface area contributed by atoms with E-state index in [1.807, 2.05) is 0 Å². The third kappa shape index (κ3) is 9.46. The first-order chi connectivity index (χ1) is 11.2. The second-order valence-electron chi connectivity index (χ2n) is 7.67. The number of nitrogens with zero attached hydrogens (tertiary/aromatic N) is 2. The number of unbranched alkanes of at least 4 members (excludes halogenated alkanes) is 1. The Morgan fingerprint density at radius 1 is 1.08 bits per heavy atom. The molecule has 2 saturated heterocycles. The van der Waals surface area contributed by atoms with Gasteiger partial charge in [0.25, 0.3) is 0 Å². The van der Waals surface area contributed by atoms with Crippen molar-refractivity contribution >= 4 is 30.7 Å². The van der Waals surface area contributed by atoms with Gasteiger partial charge < -0.3 is 15.1 Å². The van der Waals surface area contributed by atoms with Gasteiger partial charge in [-0.25, -0.2) is 0 Å². The maximum absolute atomic E-state index is 12.4. The molecule has 0 unspecified atom stereocenters. The van der Waals surface area contributed by atoms with Gasteiger partial charge in [-0.1, -0.05) is 13.3 Å². The monoisotopic (exact) mass is 395 g/mol. The van der Waals surface area contributed by atoms with E-state index < -0.39 is 0 Å². The Morgan fingerprint density at radius 3 is 2.32 bits per heavy atom. The van der Waals surface area contributed by atoms with Crippen molar-refractivity contribution < 1.29 is 4.79 Å². The first-order valence-electron chi connectivity index (χ1n) is 9.86. The summed E-state index contributed by atoms with van der Waals surface area (Å²) in [6.07, 6.45) is 9.31. The zero-order valence-electron chi connectivity index (χ0n) is 16.2. The normalized spacial score (nSPS) is 19.4. The van der Waals surface area contributed by atoms with Crippen molar-refractivity contribution in [2.75, 3.05) is 46.3 Å².